The maximum absolute atomic E-state index is 4.57. The van der Waals surface area contributed by atoms with Crippen LogP contribution in [0.3, 0.4) is 0 Å². The Morgan fingerprint density at radius 1 is 1.00 bits per heavy atom. The van der Waals surface area contributed by atoms with Crippen molar-refractivity contribution >= 4 is 11.0 Å². The summed E-state index contributed by atoms with van der Waals surface area (Å²) in [6.07, 6.45) is 1.79. The van der Waals surface area contributed by atoms with Gasteiger partial charge in [0.25, 0.3) is 0 Å². The molecule has 1 radical (unpaired) electrons. The topological polar surface area (TPSA) is 48.5 Å². The Hall–Kier alpha value is -2.30. The van der Waals surface area contributed by atoms with Crippen molar-refractivity contribution in [2.24, 2.45) is 7.05 Å². The largest absolute Gasteiger partial charge is 0.349 e. The summed E-state index contributed by atoms with van der Waals surface area (Å²) in [6, 6.07) is 11.9. The van der Waals surface area contributed by atoms with E-state index in [0.29, 0.717) is 0 Å². The second kappa shape index (κ2) is 7.51. The molecular formula is C23H26IrN5-. The van der Waals surface area contributed by atoms with Crippen LogP contribution >= 0.6 is 0 Å². The van der Waals surface area contributed by atoms with E-state index in [0.717, 1.165) is 33.9 Å². The van der Waals surface area contributed by atoms with Crippen molar-refractivity contribution in [3.63, 3.8) is 0 Å². The zero-order chi connectivity index (χ0) is 20.2. The van der Waals surface area contributed by atoms with Gasteiger partial charge in [-0.15, -0.1) is 28.9 Å². The first-order chi connectivity index (χ1) is 13.2. The quantitative estimate of drug-likeness (QED) is 0.328. The van der Waals surface area contributed by atoms with Crippen LogP contribution in [-0.2, 0) is 32.6 Å². The van der Waals surface area contributed by atoms with Crippen LogP contribution in [0, 0.1) is 26.8 Å². The van der Waals surface area contributed by atoms with Crippen molar-refractivity contribution in [1.82, 2.24) is 24.3 Å². The average molecular weight is 565 g/mol. The summed E-state index contributed by atoms with van der Waals surface area (Å²) >= 11 is 0. The molecule has 0 fully saturated rings. The van der Waals surface area contributed by atoms with Gasteiger partial charge in [-0.3, -0.25) is 4.98 Å². The fourth-order valence-corrected chi connectivity index (χ4v) is 3.73. The van der Waals surface area contributed by atoms with E-state index in [1.807, 2.05) is 20.0 Å². The molecule has 0 saturated carbocycles. The molecular weight excluding hydrogens is 539 g/mol. The summed E-state index contributed by atoms with van der Waals surface area (Å²) < 4.78 is 4.15. The molecule has 0 N–H and O–H groups in total. The molecule has 2 heterocycles. The number of aromatic nitrogens is 5. The summed E-state index contributed by atoms with van der Waals surface area (Å²) in [5.74, 6) is 1.77. The molecule has 6 heteroatoms. The van der Waals surface area contributed by atoms with E-state index in [4.69, 9.17) is 0 Å². The fourth-order valence-electron chi connectivity index (χ4n) is 3.73. The minimum absolute atomic E-state index is 0. The van der Waals surface area contributed by atoms with E-state index in [1.165, 1.54) is 16.7 Å². The minimum Gasteiger partial charge on any atom is -0.349 e. The van der Waals surface area contributed by atoms with Gasteiger partial charge >= 0.3 is 0 Å². The molecule has 0 amide bonds. The first kappa shape index (κ1) is 21.4. The van der Waals surface area contributed by atoms with Crippen molar-refractivity contribution in [2.75, 3.05) is 0 Å². The molecule has 0 bridgehead atoms. The maximum Gasteiger partial charge on any atom is 0.114 e. The van der Waals surface area contributed by atoms with Gasteiger partial charge in [-0.25, -0.2) is 0 Å². The van der Waals surface area contributed by atoms with E-state index < -0.39 is 0 Å². The van der Waals surface area contributed by atoms with Crippen molar-refractivity contribution in [2.45, 2.75) is 47.0 Å². The second-order valence-corrected chi connectivity index (χ2v) is 8.57. The van der Waals surface area contributed by atoms with Crippen molar-refractivity contribution in [3.05, 3.63) is 59.2 Å². The number of hydrogen-bond donors (Lipinski definition) is 0. The Labute approximate surface area is 185 Å². The molecule has 2 aromatic carbocycles. The minimum atomic E-state index is 0. The van der Waals surface area contributed by atoms with E-state index >= 15 is 0 Å². The number of imidazole rings is 1. The second-order valence-electron chi connectivity index (χ2n) is 8.57. The molecule has 0 atom stereocenters. The third kappa shape index (κ3) is 3.67. The Morgan fingerprint density at radius 3 is 2.28 bits per heavy atom. The maximum atomic E-state index is 4.57. The Bertz CT molecular complexity index is 1170. The number of benzene rings is 2. The van der Waals surface area contributed by atoms with Crippen LogP contribution in [0.15, 0.2) is 30.6 Å². The summed E-state index contributed by atoms with van der Waals surface area (Å²) in [7, 11) is 2.03. The Kier molecular flexibility index (Phi) is 5.54. The summed E-state index contributed by atoms with van der Waals surface area (Å²) in [5.41, 5.74) is 7.91. The van der Waals surface area contributed by atoms with Crippen molar-refractivity contribution in [1.29, 1.82) is 0 Å². The van der Waals surface area contributed by atoms with Crippen LogP contribution in [0.1, 0.15) is 43.3 Å². The van der Waals surface area contributed by atoms with Gasteiger partial charge in [0.05, 0.1) is 11.6 Å². The van der Waals surface area contributed by atoms with Gasteiger partial charge in [-0.05, 0) is 48.4 Å². The molecule has 0 spiro atoms. The molecule has 0 saturated heterocycles. The van der Waals surface area contributed by atoms with Crippen LogP contribution < -0.4 is 0 Å². The fraction of sp³-hybridized carbons (Fsp3) is 0.348. The van der Waals surface area contributed by atoms with Gasteiger partial charge in [0.15, 0.2) is 0 Å². The van der Waals surface area contributed by atoms with Crippen molar-refractivity contribution < 1.29 is 20.1 Å². The van der Waals surface area contributed by atoms with Crippen LogP contribution in [0.25, 0.3) is 28.1 Å². The van der Waals surface area contributed by atoms with Crippen LogP contribution in [0.4, 0.5) is 0 Å². The van der Waals surface area contributed by atoms with Gasteiger partial charge in [-0.1, -0.05) is 32.9 Å². The summed E-state index contributed by atoms with van der Waals surface area (Å²) in [5, 5.41) is 8.62. The smallest absolute Gasteiger partial charge is 0.114 e. The molecule has 0 aliphatic carbocycles. The van der Waals surface area contributed by atoms with Gasteiger partial charge in [0.1, 0.15) is 6.33 Å². The Balaban J connectivity index is 0.00000240. The van der Waals surface area contributed by atoms with Crippen LogP contribution in [0.2, 0.25) is 0 Å². The Morgan fingerprint density at radius 2 is 1.66 bits per heavy atom. The molecule has 2 aromatic heterocycles. The molecule has 4 rings (SSSR count). The standard InChI is InChI=1S/C23H26N5.Ir/c1-14-10-18(23(4,5)6)11-15(2)21(14)28-13-24-26-22(28)17-8-9-19-20(12-17)27(7)16(3)25-19;/h9-13H,1-7H3;/q-1;. The van der Waals surface area contributed by atoms with Crippen LogP contribution in [-0.4, -0.2) is 24.3 Å². The predicted molar refractivity (Wildman–Crippen MR) is 113 cm³/mol. The normalized spacial score (nSPS) is 11.7. The molecule has 4 aromatic rings. The van der Waals surface area contributed by atoms with E-state index in [2.05, 4.69) is 83.2 Å². The van der Waals surface area contributed by atoms with E-state index in [-0.39, 0.29) is 25.5 Å². The van der Waals surface area contributed by atoms with Crippen LogP contribution in [0.5, 0.6) is 0 Å². The summed E-state index contributed by atoms with van der Waals surface area (Å²) in [6.45, 7) is 13.0. The van der Waals surface area contributed by atoms with E-state index in [1.54, 1.807) is 6.33 Å². The zero-order valence-corrected chi connectivity index (χ0v) is 20.4. The van der Waals surface area contributed by atoms with E-state index in [9.17, 15) is 0 Å². The number of fused-ring (bicyclic) bond motifs is 1. The summed E-state index contributed by atoms with van der Waals surface area (Å²) in [4.78, 5) is 4.57. The van der Waals surface area contributed by atoms with Gasteiger partial charge < -0.3 is 9.13 Å². The van der Waals surface area contributed by atoms with Gasteiger partial charge in [0, 0.05) is 38.4 Å². The number of aryl methyl sites for hydroxylation is 4. The SMILES string of the molecule is Cc1cc(C(C)(C)C)cc(C)c1-n1cnnc1-c1[c-]cc2nc(C)n(C)c2c1.[Ir]. The third-order valence-electron chi connectivity index (χ3n) is 5.42. The van der Waals surface area contributed by atoms with Gasteiger partial charge in [0.2, 0.25) is 0 Å². The number of rotatable bonds is 2. The third-order valence-corrected chi connectivity index (χ3v) is 5.42. The predicted octanol–water partition coefficient (Wildman–Crippen LogP) is 4.84. The first-order valence-electron chi connectivity index (χ1n) is 9.54. The molecule has 29 heavy (non-hydrogen) atoms. The first-order valence-corrected chi connectivity index (χ1v) is 9.54. The van der Waals surface area contributed by atoms with Crippen molar-refractivity contribution in [3.8, 4) is 17.1 Å². The van der Waals surface area contributed by atoms with Gasteiger partial charge in [-0.2, -0.15) is 5.10 Å². The molecule has 0 unspecified atom stereocenters. The monoisotopic (exact) mass is 565 g/mol. The molecule has 5 nitrogen and oxygen atoms in total. The average Bonchev–Trinajstić information content (AvgIpc) is 3.19. The number of nitrogens with zero attached hydrogens (tertiary/aromatic N) is 5. The zero-order valence-electron chi connectivity index (χ0n) is 18.0. The molecule has 0 aliphatic rings. The molecule has 0 aliphatic heterocycles. The number of hydrogen-bond acceptors (Lipinski definition) is 3. The molecule has 153 valence electrons.